The second-order valence-electron chi connectivity index (χ2n) is 4.04. The number of hydrogen-bond donors (Lipinski definition) is 1. The Morgan fingerprint density at radius 1 is 0.950 bits per heavy atom. The van der Waals surface area contributed by atoms with Crippen molar-refractivity contribution in [3.8, 4) is 0 Å². The number of anilines is 2. The van der Waals surface area contributed by atoms with Crippen LogP contribution in [0.5, 0.6) is 0 Å². The van der Waals surface area contributed by atoms with E-state index in [0.29, 0.717) is 0 Å². The molecule has 0 aliphatic heterocycles. The van der Waals surface area contributed by atoms with E-state index in [0.717, 1.165) is 15.8 Å². The van der Waals surface area contributed by atoms with Crippen molar-refractivity contribution in [2.45, 2.75) is 9.79 Å². The number of benzene rings is 2. The molecule has 3 rings (SSSR count). The molecule has 0 aliphatic carbocycles. The predicted molar refractivity (Wildman–Crippen MR) is 87.4 cm³/mol. The van der Waals surface area contributed by atoms with Crippen LogP contribution in [0.25, 0.3) is 0 Å². The molecule has 20 heavy (non-hydrogen) atoms. The molecule has 2 aromatic carbocycles. The number of thiazole rings is 1. The molecule has 1 N–H and O–H groups in total. The van der Waals surface area contributed by atoms with E-state index in [2.05, 4.69) is 34.6 Å². The average Bonchev–Trinajstić information content (AvgIpc) is 2.96. The Morgan fingerprint density at radius 2 is 1.60 bits per heavy atom. The molecule has 0 aliphatic rings. The first-order valence-corrected chi connectivity index (χ1v) is 8.07. The van der Waals surface area contributed by atoms with E-state index in [-0.39, 0.29) is 0 Å². The lowest BCUT2D eigenvalue weighted by Crippen LogP contribution is -1.88. The summed E-state index contributed by atoms with van der Waals surface area (Å²) in [4.78, 5) is 6.57. The van der Waals surface area contributed by atoms with Crippen LogP contribution in [0.4, 0.5) is 10.8 Å². The van der Waals surface area contributed by atoms with Gasteiger partial charge in [0, 0.05) is 32.1 Å². The van der Waals surface area contributed by atoms with E-state index in [1.54, 1.807) is 29.3 Å². The summed E-state index contributed by atoms with van der Waals surface area (Å²) in [6.07, 6.45) is 1.79. The number of nitrogens with zero attached hydrogens (tertiary/aromatic N) is 1. The maximum Gasteiger partial charge on any atom is 0.187 e. The highest BCUT2D eigenvalue weighted by atomic mass is 35.5. The van der Waals surface area contributed by atoms with Crippen LogP contribution in [0.2, 0.25) is 5.02 Å². The van der Waals surface area contributed by atoms with E-state index >= 15 is 0 Å². The second-order valence-corrected chi connectivity index (χ2v) is 6.52. The summed E-state index contributed by atoms with van der Waals surface area (Å²) in [6.45, 7) is 0. The smallest absolute Gasteiger partial charge is 0.187 e. The minimum absolute atomic E-state index is 0.761. The lowest BCUT2D eigenvalue weighted by molar-refractivity contribution is 1.37. The number of halogens is 1. The molecule has 0 saturated carbocycles. The molecular weight excluding hydrogens is 308 g/mol. The van der Waals surface area contributed by atoms with Gasteiger partial charge >= 0.3 is 0 Å². The largest absolute Gasteiger partial charge is 0.332 e. The minimum atomic E-state index is 0.761. The van der Waals surface area contributed by atoms with Crippen LogP contribution < -0.4 is 5.32 Å². The monoisotopic (exact) mass is 318 g/mol. The van der Waals surface area contributed by atoms with Crippen LogP contribution in [0.15, 0.2) is 69.9 Å². The fourth-order valence-corrected chi connectivity index (χ4v) is 3.15. The highest BCUT2D eigenvalue weighted by molar-refractivity contribution is 7.99. The van der Waals surface area contributed by atoms with Gasteiger partial charge in [-0.05, 0) is 48.5 Å². The van der Waals surface area contributed by atoms with Gasteiger partial charge < -0.3 is 5.32 Å². The van der Waals surface area contributed by atoms with Gasteiger partial charge in [0.1, 0.15) is 0 Å². The summed E-state index contributed by atoms with van der Waals surface area (Å²) in [5.41, 5.74) is 1.04. The fraction of sp³-hybridized carbons (Fsp3) is 0. The Labute approximate surface area is 130 Å². The van der Waals surface area contributed by atoms with E-state index in [1.807, 2.05) is 29.6 Å². The fourth-order valence-electron chi connectivity index (χ4n) is 1.65. The molecule has 0 saturated heterocycles. The summed E-state index contributed by atoms with van der Waals surface area (Å²) in [5, 5.41) is 6.88. The highest BCUT2D eigenvalue weighted by Gasteiger charge is 2.00. The van der Waals surface area contributed by atoms with E-state index in [1.165, 1.54) is 9.79 Å². The molecule has 0 atom stereocenters. The van der Waals surface area contributed by atoms with Crippen LogP contribution in [0.3, 0.4) is 0 Å². The topological polar surface area (TPSA) is 24.9 Å². The highest BCUT2D eigenvalue weighted by Crippen LogP contribution is 2.30. The molecule has 1 aromatic heterocycles. The van der Waals surface area contributed by atoms with Crippen LogP contribution in [0, 0.1) is 0 Å². The standard InChI is InChI=1S/C15H11ClN2S2/c16-11-1-5-13(6-2-11)20-14-7-3-12(4-8-14)18-15-17-9-10-19-15/h1-10H,(H,17,18). The Balaban J connectivity index is 1.68. The minimum Gasteiger partial charge on any atom is -0.332 e. The second kappa shape index (κ2) is 6.31. The third kappa shape index (κ3) is 3.54. The van der Waals surface area contributed by atoms with Crippen molar-refractivity contribution in [1.82, 2.24) is 4.98 Å². The van der Waals surface area contributed by atoms with Gasteiger partial charge in [0.2, 0.25) is 0 Å². The van der Waals surface area contributed by atoms with Crippen molar-refractivity contribution in [2.24, 2.45) is 0 Å². The summed E-state index contributed by atoms with van der Waals surface area (Å²) in [7, 11) is 0. The van der Waals surface area contributed by atoms with Gasteiger partial charge in [0.05, 0.1) is 0 Å². The number of nitrogens with one attached hydrogen (secondary N) is 1. The molecule has 0 bridgehead atoms. The van der Waals surface area contributed by atoms with Crippen molar-refractivity contribution >= 4 is 45.5 Å². The van der Waals surface area contributed by atoms with Crippen LogP contribution in [-0.2, 0) is 0 Å². The lowest BCUT2D eigenvalue weighted by atomic mass is 10.3. The van der Waals surface area contributed by atoms with Gasteiger partial charge in [-0.25, -0.2) is 4.98 Å². The Hall–Kier alpha value is -1.49. The molecule has 2 nitrogen and oxygen atoms in total. The summed E-state index contributed by atoms with van der Waals surface area (Å²) < 4.78 is 0. The molecule has 1 heterocycles. The zero-order chi connectivity index (χ0) is 13.8. The maximum atomic E-state index is 5.88. The number of rotatable bonds is 4. The molecule has 3 aromatic rings. The maximum absolute atomic E-state index is 5.88. The summed E-state index contributed by atoms with van der Waals surface area (Å²) >= 11 is 9.18. The molecule has 5 heteroatoms. The Bertz CT molecular complexity index is 664. The van der Waals surface area contributed by atoms with Crippen molar-refractivity contribution < 1.29 is 0 Å². The summed E-state index contributed by atoms with van der Waals surface area (Å²) in [6, 6.07) is 16.2. The predicted octanol–water partition coefficient (Wildman–Crippen LogP) is 5.69. The number of hydrogen-bond acceptors (Lipinski definition) is 4. The molecule has 0 fully saturated rings. The van der Waals surface area contributed by atoms with E-state index < -0.39 is 0 Å². The first kappa shape index (κ1) is 13.5. The Kier molecular flexibility index (Phi) is 4.25. The van der Waals surface area contributed by atoms with Gasteiger partial charge in [-0.2, -0.15) is 0 Å². The first-order valence-electron chi connectivity index (χ1n) is 5.99. The molecule has 0 spiro atoms. The van der Waals surface area contributed by atoms with Crippen LogP contribution in [0.1, 0.15) is 0 Å². The SMILES string of the molecule is Clc1ccc(Sc2ccc(Nc3nccs3)cc2)cc1. The average molecular weight is 319 g/mol. The Morgan fingerprint density at radius 3 is 2.20 bits per heavy atom. The molecular formula is C15H11ClN2S2. The van der Waals surface area contributed by atoms with E-state index in [4.69, 9.17) is 11.6 Å². The molecule has 0 amide bonds. The van der Waals surface area contributed by atoms with Gasteiger partial charge in [0.15, 0.2) is 5.13 Å². The quantitative estimate of drug-likeness (QED) is 0.668. The third-order valence-corrected chi connectivity index (χ3v) is 4.54. The number of aromatic nitrogens is 1. The molecule has 100 valence electrons. The first-order chi connectivity index (χ1) is 9.79. The summed E-state index contributed by atoms with van der Waals surface area (Å²) in [5.74, 6) is 0. The van der Waals surface area contributed by atoms with Crippen LogP contribution in [-0.4, -0.2) is 4.98 Å². The van der Waals surface area contributed by atoms with Gasteiger partial charge in [0.25, 0.3) is 0 Å². The van der Waals surface area contributed by atoms with Gasteiger partial charge in [-0.1, -0.05) is 23.4 Å². The van der Waals surface area contributed by atoms with Gasteiger partial charge in [-0.15, -0.1) is 11.3 Å². The zero-order valence-electron chi connectivity index (χ0n) is 10.4. The molecule has 0 radical (unpaired) electrons. The van der Waals surface area contributed by atoms with Crippen molar-refractivity contribution in [3.05, 3.63) is 65.1 Å². The van der Waals surface area contributed by atoms with Crippen LogP contribution >= 0.6 is 34.7 Å². The zero-order valence-corrected chi connectivity index (χ0v) is 12.8. The van der Waals surface area contributed by atoms with Crippen molar-refractivity contribution in [1.29, 1.82) is 0 Å². The van der Waals surface area contributed by atoms with E-state index in [9.17, 15) is 0 Å². The third-order valence-electron chi connectivity index (χ3n) is 2.59. The lowest BCUT2D eigenvalue weighted by Gasteiger charge is -2.05. The van der Waals surface area contributed by atoms with Crippen molar-refractivity contribution in [3.63, 3.8) is 0 Å². The normalized spacial score (nSPS) is 10.4. The van der Waals surface area contributed by atoms with Crippen molar-refractivity contribution in [2.75, 3.05) is 5.32 Å². The van der Waals surface area contributed by atoms with Gasteiger partial charge in [-0.3, -0.25) is 0 Å². The molecule has 0 unspecified atom stereocenters.